The average molecular weight is 686 g/mol. The van der Waals surface area contributed by atoms with Crippen LogP contribution in [0.5, 0.6) is 0 Å². The van der Waals surface area contributed by atoms with E-state index in [9.17, 15) is 29.8 Å². The molecule has 0 radical (unpaired) electrons. The molecule has 1 atom stereocenters. The van der Waals surface area contributed by atoms with Crippen molar-refractivity contribution in [2.75, 3.05) is 52.5 Å². The van der Waals surface area contributed by atoms with Crippen LogP contribution in [0.4, 0.5) is 5.69 Å². The van der Waals surface area contributed by atoms with Crippen LogP contribution in [0, 0.1) is 20.2 Å². The van der Waals surface area contributed by atoms with Crippen LogP contribution < -0.4 is 5.32 Å². The van der Waals surface area contributed by atoms with Crippen LogP contribution in [0.3, 0.4) is 0 Å². The third kappa shape index (κ3) is 8.70. The lowest BCUT2D eigenvalue weighted by atomic mass is 9.80. The number of hydrogen-bond donors (Lipinski definition) is 1. The third-order valence-electron chi connectivity index (χ3n) is 8.77. The molecule has 1 saturated heterocycles. The number of nitro benzene ring substituents is 1. The van der Waals surface area contributed by atoms with Gasteiger partial charge in [-0.3, -0.25) is 19.9 Å². The molecule has 3 aromatic rings. The average Bonchev–Trinajstić information content (AvgIpc) is 3.11. The molecule has 50 heavy (non-hydrogen) atoms. The van der Waals surface area contributed by atoms with Crippen LogP contribution in [0.1, 0.15) is 42.5 Å². The first-order valence-electron chi connectivity index (χ1n) is 16.2. The Bertz CT molecular complexity index is 1720. The van der Waals surface area contributed by atoms with E-state index >= 15 is 0 Å². The van der Waals surface area contributed by atoms with Crippen molar-refractivity contribution in [1.82, 2.24) is 15.1 Å². The maximum Gasteiger partial charge on any atom is 0.336 e. The molecular weight excluding hydrogens is 646 g/mol. The second-order valence-electron chi connectivity index (χ2n) is 11.9. The summed E-state index contributed by atoms with van der Waals surface area (Å²) in [6.45, 7) is 6.09. The fourth-order valence-electron chi connectivity index (χ4n) is 6.49. The van der Waals surface area contributed by atoms with Crippen molar-refractivity contribution in [2.45, 2.75) is 25.8 Å². The molecule has 0 saturated carbocycles. The minimum atomic E-state index is -1.07. The summed E-state index contributed by atoms with van der Waals surface area (Å²) in [6.07, 6.45) is 0. The molecule has 14 heteroatoms. The Labute approximate surface area is 289 Å². The minimum absolute atomic E-state index is 0.0201. The highest BCUT2D eigenvalue weighted by atomic mass is 17.0. The van der Waals surface area contributed by atoms with Crippen molar-refractivity contribution in [1.29, 1.82) is 0 Å². The number of hydrogen-bond acceptors (Lipinski definition) is 12. The maximum atomic E-state index is 13.8. The molecule has 2 aliphatic heterocycles. The molecule has 2 heterocycles. The van der Waals surface area contributed by atoms with Gasteiger partial charge in [0.15, 0.2) is 0 Å². The third-order valence-corrected chi connectivity index (χ3v) is 8.77. The fourth-order valence-corrected chi connectivity index (χ4v) is 6.49. The lowest BCUT2D eigenvalue weighted by Crippen LogP contribution is -2.48. The number of ether oxygens (including phenoxy) is 2. The summed E-state index contributed by atoms with van der Waals surface area (Å²) >= 11 is 0. The van der Waals surface area contributed by atoms with Crippen LogP contribution in [-0.2, 0) is 23.9 Å². The SMILES string of the molecule is CC1=C(C(=O)OCCO[N+](=O)[O-])C(c2cccc([N+](=O)[O-])c2)C(C(=O)OCCN2CCN(C(c3ccccc3)c3ccccc3)CC2)=C(C)N1. The Morgan fingerprint density at radius 3 is 1.88 bits per heavy atom. The topological polar surface area (TPSA) is 167 Å². The molecule has 2 aliphatic rings. The van der Waals surface area contributed by atoms with Crippen molar-refractivity contribution >= 4 is 17.6 Å². The van der Waals surface area contributed by atoms with Crippen LogP contribution in [0.15, 0.2) is 107 Å². The first-order valence-corrected chi connectivity index (χ1v) is 16.2. The van der Waals surface area contributed by atoms with Crippen molar-refractivity contribution < 1.29 is 33.9 Å². The number of allylic oxidation sites excluding steroid dienone is 2. The molecule has 3 aromatic carbocycles. The molecule has 5 rings (SSSR count). The predicted octanol–water partition coefficient (Wildman–Crippen LogP) is 4.53. The molecule has 1 N–H and O–H groups in total. The number of dihydropyridines is 1. The van der Waals surface area contributed by atoms with Gasteiger partial charge < -0.3 is 19.6 Å². The minimum Gasteiger partial charge on any atom is -0.461 e. The van der Waals surface area contributed by atoms with Crippen LogP contribution >= 0.6 is 0 Å². The summed E-state index contributed by atoms with van der Waals surface area (Å²) in [5, 5.41) is 24.2. The Morgan fingerprint density at radius 1 is 0.780 bits per heavy atom. The van der Waals surface area contributed by atoms with Gasteiger partial charge in [-0.1, -0.05) is 72.8 Å². The van der Waals surface area contributed by atoms with Gasteiger partial charge in [-0.2, -0.15) is 0 Å². The molecule has 262 valence electrons. The van der Waals surface area contributed by atoms with Gasteiger partial charge in [-0.05, 0) is 30.5 Å². The molecule has 0 aromatic heterocycles. The van der Waals surface area contributed by atoms with E-state index in [2.05, 4.69) is 68.5 Å². The maximum absolute atomic E-state index is 13.8. The standard InChI is InChI=1S/C36H39N5O9/c1-25-31(33(29-14-9-15-30(24-29)40(44)45)32(26(2)37-25)36(43)49-22-23-50-41(46)47)35(42)48-21-20-38-16-18-39(19-17-38)34(27-10-5-3-6-11-27)28-12-7-4-8-13-28/h3-15,24,33-34,37H,16-23H2,1-2H3. The van der Waals surface area contributed by atoms with E-state index in [4.69, 9.17) is 9.47 Å². The van der Waals surface area contributed by atoms with Gasteiger partial charge in [0, 0.05) is 56.3 Å². The summed E-state index contributed by atoms with van der Waals surface area (Å²) in [5.41, 5.74) is 3.42. The monoisotopic (exact) mass is 685 g/mol. The molecule has 0 amide bonds. The molecule has 0 bridgehead atoms. The number of nitrogens with zero attached hydrogens (tertiary/aromatic N) is 4. The van der Waals surface area contributed by atoms with Gasteiger partial charge in [0.1, 0.15) is 19.8 Å². The molecule has 14 nitrogen and oxygen atoms in total. The number of nitrogens with one attached hydrogen (secondary N) is 1. The van der Waals surface area contributed by atoms with Gasteiger partial charge in [0.2, 0.25) is 0 Å². The number of rotatable bonds is 14. The van der Waals surface area contributed by atoms with E-state index in [0.717, 1.165) is 26.2 Å². The van der Waals surface area contributed by atoms with E-state index in [1.807, 2.05) is 12.1 Å². The second-order valence-corrected chi connectivity index (χ2v) is 11.9. The number of non-ortho nitro benzene ring substituents is 1. The summed E-state index contributed by atoms with van der Waals surface area (Å²) in [4.78, 5) is 57.6. The lowest BCUT2D eigenvalue weighted by molar-refractivity contribution is -0.757. The largest absolute Gasteiger partial charge is 0.461 e. The number of nitro groups is 1. The smallest absolute Gasteiger partial charge is 0.336 e. The first kappa shape index (κ1) is 35.7. The van der Waals surface area contributed by atoms with Crippen molar-refractivity contribution in [3.8, 4) is 0 Å². The first-order chi connectivity index (χ1) is 24.1. The normalized spacial score (nSPS) is 16.9. The summed E-state index contributed by atoms with van der Waals surface area (Å²) in [6, 6.07) is 26.6. The van der Waals surface area contributed by atoms with Crippen LogP contribution in [0.25, 0.3) is 0 Å². The zero-order valence-corrected chi connectivity index (χ0v) is 27.9. The van der Waals surface area contributed by atoms with E-state index in [1.165, 1.54) is 29.3 Å². The highest BCUT2D eigenvalue weighted by molar-refractivity contribution is 6.00. The number of carbonyl (C=O) groups is 2. The predicted molar refractivity (Wildman–Crippen MR) is 182 cm³/mol. The molecule has 0 aliphatic carbocycles. The fraction of sp³-hybridized carbons (Fsp3) is 0.333. The van der Waals surface area contributed by atoms with E-state index in [0.29, 0.717) is 23.5 Å². The zero-order valence-electron chi connectivity index (χ0n) is 27.9. The van der Waals surface area contributed by atoms with Crippen molar-refractivity contribution in [2.24, 2.45) is 0 Å². The number of carbonyl (C=O) groups excluding carboxylic acids is 2. The number of esters is 2. The van der Waals surface area contributed by atoms with Crippen LogP contribution in [-0.4, -0.2) is 84.3 Å². The Hall–Kier alpha value is -5.60. The van der Waals surface area contributed by atoms with Gasteiger partial charge in [0.05, 0.1) is 28.0 Å². The van der Waals surface area contributed by atoms with Gasteiger partial charge in [0.25, 0.3) is 10.8 Å². The Kier molecular flexibility index (Phi) is 11.9. The highest BCUT2D eigenvalue weighted by Crippen LogP contribution is 2.40. The van der Waals surface area contributed by atoms with E-state index in [-0.39, 0.29) is 29.5 Å². The molecule has 0 spiro atoms. The summed E-state index contributed by atoms with van der Waals surface area (Å²) in [5.74, 6) is -2.62. The van der Waals surface area contributed by atoms with Gasteiger partial charge in [-0.25, -0.2) is 9.59 Å². The number of benzene rings is 3. The second kappa shape index (κ2) is 16.7. The van der Waals surface area contributed by atoms with Crippen molar-refractivity contribution in [3.05, 3.63) is 144 Å². The van der Waals surface area contributed by atoms with Gasteiger partial charge in [-0.15, -0.1) is 10.1 Å². The summed E-state index contributed by atoms with van der Waals surface area (Å²) in [7, 11) is 0. The summed E-state index contributed by atoms with van der Waals surface area (Å²) < 4.78 is 11.0. The molecule has 1 unspecified atom stereocenters. The lowest BCUT2D eigenvalue weighted by Gasteiger charge is -2.39. The van der Waals surface area contributed by atoms with E-state index < -0.39 is 41.1 Å². The quantitative estimate of drug-likeness (QED) is 0.109. The van der Waals surface area contributed by atoms with Crippen LogP contribution in [0.2, 0.25) is 0 Å². The van der Waals surface area contributed by atoms with Gasteiger partial charge >= 0.3 is 11.9 Å². The highest BCUT2D eigenvalue weighted by Gasteiger charge is 2.39. The molecular formula is C36H39N5O9. The Morgan fingerprint density at radius 2 is 1.34 bits per heavy atom. The zero-order chi connectivity index (χ0) is 35.6. The Balaban J connectivity index is 1.26. The van der Waals surface area contributed by atoms with E-state index in [1.54, 1.807) is 19.9 Å². The number of piperazine rings is 1. The van der Waals surface area contributed by atoms with Crippen molar-refractivity contribution in [3.63, 3.8) is 0 Å². The molecule has 1 fully saturated rings.